The Kier molecular flexibility index (Phi) is 5.62. The van der Waals surface area contributed by atoms with Crippen molar-refractivity contribution >= 4 is 17.7 Å². The maximum Gasteiger partial charge on any atom is 0.327 e. The van der Waals surface area contributed by atoms with Crippen LogP contribution in [0.4, 0.5) is 0 Å². The lowest BCUT2D eigenvalue weighted by Gasteiger charge is -2.28. The third kappa shape index (κ3) is 3.74. The van der Waals surface area contributed by atoms with Gasteiger partial charge in [-0.3, -0.25) is 14.5 Å². The number of hydrogen-bond acceptors (Lipinski definition) is 6. The molecule has 1 aromatic rings. The smallest absolute Gasteiger partial charge is 0.327 e. The summed E-state index contributed by atoms with van der Waals surface area (Å²) >= 11 is 0. The lowest BCUT2D eigenvalue weighted by atomic mass is 9.77. The fraction of sp³-hybridized carbons (Fsp3) is 0.526. The molecular weight excluding hydrogens is 322 g/mol. The first-order valence-electron chi connectivity index (χ1n) is 8.36. The van der Waals surface area contributed by atoms with Gasteiger partial charge in [0.25, 0.3) is 0 Å². The highest BCUT2D eigenvalue weighted by atomic mass is 16.5. The van der Waals surface area contributed by atoms with Gasteiger partial charge in [-0.1, -0.05) is 30.3 Å². The molecule has 6 nitrogen and oxygen atoms in total. The number of carbonyl (C=O) groups excluding carboxylic acids is 3. The van der Waals surface area contributed by atoms with E-state index in [1.807, 2.05) is 35.2 Å². The zero-order valence-electron chi connectivity index (χ0n) is 15.2. The molecule has 0 amide bonds. The first-order chi connectivity index (χ1) is 11.8. The van der Waals surface area contributed by atoms with Crippen LogP contribution in [-0.4, -0.2) is 48.4 Å². The molecule has 25 heavy (non-hydrogen) atoms. The normalized spacial score (nSPS) is 24.1. The molecule has 1 saturated heterocycles. The van der Waals surface area contributed by atoms with Gasteiger partial charge in [-0.15, -0.1) is 0 Å². The lowest BCUT2D eigenvalue weighted by Crippen LogP contribution is -2.45. The summed E-state index contributed by atoms with van der Waals surface area (Å²) in [5.41, 5.74) is -1.30. The summed E-state index contributed by atoms with van der Waals surface area (Å²) in [5, 5.41) is 0. The zero-order chi connectivity index (χ0) is 18.7. The van der Waals surface area contributed by atoms with E-state index in [0.29, 0.717) is 13.1 Å². The van der Waals surface area contributed by atoms with Crippen molar-refractivity contribution in [3.05, 3.63) is 35.9 Å². The molecule has 3 atom stereocenters. The summed E-state index contributed by atoms with van der Waals surface area (Å²) in [6.07, 6.45) is 0.0493. The summed E-state index contributed by atoms with van der Waals surface area (Å²) in [6.45, 7) is 5.85. The van der Waals surface area contributed by atoms with Gasteiger partial charge in [-0.25, -0.2) is 4.79 Å². The molecule has 0 N–H and O–H groups in total. The molecule has 0 aromatic heterocycles. The van der Waals surface area contributed by atoms with Crippen LogP contribution in [0, 0.1) is 5.41 Å². The number of rotatable bonds is 8. The number of ketones is 1. The van der Waals surface area contributed by atoms with Gasteiger partial charge in [-0.2, -0.15) is 0 Å². The summed E-state index contributed by atoms with van der Waals surface area (Å²) in [4.78, 5) is 38.9. The van der Waals surface area contributed by atoms with Gasteiger partial charge >= 0.3 is 11.9 Å². The van der Waals surface area contributed by atoms with Crippen LogP contribution in [-0.2, 0) is 30.4 Å². The van der Waals surface area contributed by atoms with E-state index in [4.69, 9.17) is 9.47 Å². The van der Waals surface area contributed by atoms with Crippen molar-refractivity contribution < 1.29 is 23.9 Å². The molecule has 136 valence electrons. The van der Waals surface area contributed by atoms with Gasteiger partial charge in [-0.05, 0) is 26.3 Å². The molecule has 1 aliphatic heterocycles. The number of ether oxygens (including phenoxy) is 2. The predicted octanol–water partition coefficient (Wildman–Crippen LogP) is 1.96. The Morgan fingerprint density at radius 1 is 1.24 bits per heavy atom. The Labute approximate surface area is 148 Å². The molecule has 6 heteroatoms. The standard InChI is InChI=1S/C19H25NO5/c1-5-25-17(23)19(12-18(3,14(2)21)16(22)24-4)13-20(19)11-15-9-7-6-8-10-15/h6-10H,5,11-13H2,1-4H3. The lowest BCUT2D eigenvalue weighted by molar-refractivity contribution is -0.159. The highest BCUT2D eigenvalue weighted by molar-refractivity contribution is 6.03. The van der Waals surface area contributed by atoms with Crippen LogP contribution in [0.25, 0.3) is 0 Å². The quantitative estimate of drug-likeness (QED) is 0.407. The number of esters is 2. The van der Waals surface area contributed by atoms with Crippen LogP contribution in [0.1, 0.15) is 32.8 Å². The molecule has 1 aromatic carbocycles. The highest BCUT2D eigenvalue weighted by Gasteiger charge is 2.64. The van der Waals surface area contributed by atoms with Gasteiger partial charge < -0.3 is 9.47 Å². The van der Waals surface area contributed by atoms with Crippen molar-refractivity contribution in [3.8, 4) is 0 Å². The van der Waals surface area contributed by atoms with Crippen molar-refractivity contribution in [3.63, 3.8) is 0 Å². The average molecular weight is 347 g/mol. The number of benzene rings is 1. The Hall–Kier alpha value is -2.21. The van der Waals surface area contributed by atoms with Crippen molar-refractivity contribution in [1.29, 1.82) is 0 Å². The first-order valence-corrected chi connectivity index (χ1v) is 8.36. The topological polar surface area (TPSA) is 72.7 Å². The average Bonchev–Trinajstić information content (AvgIpc) is 3.28. The highest BCUT2D eigenvalue weighted by Crippen LogP contribution is 2.45. The minimum Gasteiger partial charge on any atom is -0.468 e. The molecular formula is C19H25NO5. The van der Waals surface area contributed by atoms with Gasteiger partial charge in [0.15, 0.2) is 0 Å². The molecule has 0 bridgehead atoms. The second-order valence-electron chi connectivity index (χ2n) is 6.65. The van der Waals surface area contributed by atoms with E-state index in [1.165, 1.54) is 21.0 Å². The third-order valence-electron chi connectivity index (χ3n) is 4.88. The molecule has 0 saturated carbocycles. The molecule has 1 heterocycles. The first kappa shape index (κ1) is 19.1. The summed E-state index contributed by atoms with van der Waals surface area (Å²) < 4.78 is 10.0. The Balaban J connectivity index is 2.27. The third-order valence-corrected chi connectivity index (χ3v) is 4.88. The van der Waals surface area contributed by atoms with E-state index >= 15 is 0 Å². The van der Waals surface area contributed by atoms with Crippen LogP contribution in [0.3, 0.4) is 0 Å². The fourth-order valence-electron chi connectivity index (χ4n) is 3.14. The largest absolute Gasteiger partial charge is 0.468 e. The molecule has 3 unspecified atom stereocenters. The Bertz CT molecular complexity index is 659. The summed E-state index contributed by atoms with van der Waals surface area (Å²) in [5.74, 6) is -1.35. The minimum absolute atomic E-state index is 0.0493. The second-order valence-corrected chi connectivity index (χ2v) is 6.65. The van der Waals surface area contributed by atoms with Crippen molar-refractivity contribution in [2.75, 3.05) is 20.3 Å². The van der Waals surface area contributed by atoms with Crippen LogP contribution in [0.2, 0.25) is 0 Å². The minimum atomic E-state index is -1.38. The summed E-state index contributed by atoms with van der Waals surface area (Å²) in [7, 11) is 1.25. The van der Waals surface area contributed by atoms with Gasteiger partial charge in [0.2, 0.25) is 0 Å². The van der Waals surface area contributed by atoms with Crippen LogP contribution >= 0.6 is 0 Å². The molecule has 0 radical (unpaired) electrons. The van der Waals surface area contributed by atoms with Crippen molar-refractivity contribution in [1.82, 2.24) is 4.90 Å². The zero-order valence-corrected chi connectivity index (χ0v) is 15.2. The van der Waals surface area contributed by atoms with Crippen LogP contribution < -0.4 is 0 Å². The number of carbonyl (C=O) groups is 3. The Morgan fingerprint density at radius 2 is 1.88 bits per heavy atom. The molecule has 0 spiro atoms. The van der Waals surface area contributed by atoms with Gasteiger partial charge in [0.1, 0.15) is 16.7 Å². The molecule has 1 fully saturated rings. The van der Waals surface area contributed by atoms with E-state index in [-0.39, 0.29) is 18.8 Å². The van der Waals surface area contributed by atoms with E-state index in [2.05, 4.69) is 0 Å². The molecule has 2 rings (SSSR count). The molecule has 1 aliphatic rings. The van der Waals surface area contributed by atoms with Crippen molar-refractivity contribution in [2.24, 2.45) is 5.41 Å². The van der Waals surface area contributed by atoms with E-state index in [0.717, 1.165) is 5.56 Å². The van der Waals surface area contributed by atoms with Crippen LogP contribution in [0.5, 0.6) is 0 Å². The number of nitrogens with zero attached hydrogens (tertiary/aromatic N) is 1. The van der Waals surface area contributed by atoms with E-state index < -0.39 is 22.9 Å². The fourth-order valence-corrected chi connectivity index (χ4v) is 3.14. The maximum absolute atomic E-state index is 12.6. The Morgan fingerprint density at radius 3 is 2.40 bits per heavy atom. The van der Waals surface area contributed by atoms with E-state index in [9.17, 15) is 14.4 Å². The monoisotopic (exact) mass is 347 g/mol. The van der Waals surface area contributed by atoms with Gasteiger partial charge in [0.05, 0.1) is 13.7 Å². The molecule has 0 aliphatic carbocycles. The van der Waals surface area contributed by atoms with Crippen molar-refractivity contribution in [2.45, 2.75) is 39.3 Å². The second kappa shape index (κ2) is 7.35. The predicted molar refractivity (Wildman–Crippen MR) is 91.6 cm³/mol. The summed E-state index contributed by atoms with van der Waals surface area (Å²) in [6, 6.07) is 9.73. The van der Waals surface area contributed by atoms with Crippen LogP contribution in [0.15, 0.2) is 30.3 Å². The maximum atomic E-state index is 12.6. The number of methoxy groups -OCH3 is 1. The van der Waals surface area contributed by atoms with E-state index in [1.54, 1.807) is 6.92 Å². The number of hydrogen-bond donors (Lipinski definition) is 0. The number of Topliss-reactive ketones (excluding diaryl/α,β-unsaturated/α-hetero) is 1. The van der Waals surface area contributed by atoms with Gasteiger partial charge in [0, 0.05) is 19.5 Å². The SMILES string of the molecule is CCOC(=O)C1(CC(C)(C(C)=O)C(=O)OC)CN1Cc1ccccc1.